The molecule has 25 heavy (non-hydrogen) atoms. The predicted octanol–water partition coefficient (Wildman–Crippen LogP) is 1.37. The molecule has 0 bridgehead atoms. The van der Waals surface area contributed by atoms with Crippen LogP contribution in [-0.4, -0.2) is 27.7 Å². The van der Waals surface area contributed by atoms with Gasteiger partial charge in [-0.1, -0.05) is 35.5 Å². The highest BCUT2D eigenvalue weighted by molar-refractivity contribution is 5.96. The maximum Gasteiger partial charge on any atom is 0.256 e. The largest absolute Gasteiger partial charge is 0.496 e. The molecule has 3 rings (SSSR count). The van der Waals surface area contributed by atoms with Crippen LogP contribution in [0, 0.1) is 0 Å². The van der Waals surface area contributed by atoms with Crippen molar-refractivity contribution in [2.75, 3.05) is 7.11 Å². The van der Waals surface area contributed by atoms with Crippen LogP contribution in [0.5, 0.6) is 5.75 Å². The van der Waals surface area contributed by atoms with Gasteiger partial charge in [-0.15, -0.1) is 0 Å². The van der Waals surface area contributed by atoms with Gasteiger partial charge in [0.2, 0.25) is 11.7 Å². The Morgan fingerprint density at radius 2 is 2.08 bits per heavy atom. The van der Waals surface area contributed by atoms with E-state index in [0.717, 1.165) is 5.56 Å². The molecule has 2 aromatic heterocycles. The highest BCUT2D eigenvalue weighted by Crippen LogP contribution is 2.16. The van der Waals surface area contributed by atoms with Gasteiger partial charge in [-0.3, -0.25) is 9.59 Å². The van der Waals surface area contributed by atoms with Crippen molar-refractivity contribution >= 4 is 5.91 Å². The molecule has 1 N–H and O–H groups in total. The average Bonchev–Trinajstić information content (AvgIpc) is 3.11. The molecule has 0 saturated heterocycles. The monoisotopic (exact) mass is 340 g/mol. The highest BCUT2D eigenvalue weighted by atomic mass is 16.5. The first-order valence-corrected chi connectivity index (χ1v) is 7.49. The number of carbonyl (C=O) groups is 1. The summed E-state index contributed by atoms with van der Waals surface area (Å²) in [6.45, 7) is 0.0602. The van der Waals surface area contributed by atoms with E-state index in [1.807, 2.05) is 30.3 Å². The van der Waals surface area contributed by atoms with Crippen LogP contribution in [0.3, 0.4) is 0 Å². The maximum atomic E-state index is 12.3. The van der Waals surface area contributed by atoms with E-state index in [-0.39, 0.29) is 29.3 Å². The second-order valence-corrected chi connectivity index (χ2v) is 5.27. The number of hydrogen-bond acceptors (Lipinski definition) is 6. The van der Waals surface area contributed by atoms with E-state index in [0.29, 0.717) is 5.82 Å². The molecule has 128 valence electrons. The number of nitrogens with zero attached hydrogens (tertiary/aromatic N) is 3. The number of aryl methyl sites for hydroxylation is 1. The lowest BCUT2D eigenvalue weighted by atomic mass is 10.2. The molecular weight excluding hydrogens is 324 g/mol. The van der Waals surface area contributed by atoms with E-state index < -0.39 is 5.91 Å². The van der Waals surface area contributed by atoms with Gasteiger partial charge >= 0.3 is 0 Å². The van der Waals surface area contributed by atoms with Gasteiger partial charge in [-0.25, -0.2) is 0 Å². The molecule has 8 heteroatoms. The Bertz CT molecular complexity index is 947. The lowest BCUT2D eigenvalue weighted by Crippen LogP contribution is -2.26. The van der Waals surface area contributed by atoms with Crippen molar-refractivity contribution in [1.29, 1.82) is 0 Å². The summed E-state index contributed by atoms with van der Waals surface area (Å²) in [7, 11) is 2.96. The summed E-state index contributed by atoms with van der Waals surface area (Å²) < 4.78 is 11.5. The zero-order chi connectivity index (χ0) is 17.8. The second kappa shape index (κ2) is 7.00. The number of amides is 1. The van der Waals surface area contributed by atoms with Crippen molar-refractivity contribution in [2.45, 2.75) is 6.54 Å². The van der Waals surface area contributed by atoms with Gasteiger partial charge in [0, 0.05) is 24.9 Å². The average molecular weight is 340 g/mol. The quantitative estimate of drug-likeness (QED) is 0.753. The van der Waals surface area contributed by atoms with Gasteiger partial charge in [0.1, 0.15) is 5.75 Å². The summed E-state index contributed by atoms with van der Waals surface area (Å²) in [4.78, 5) is 28.2. The molecule has 0 atom stereocenters. The zero-order valence-electron chi connectivity index (χ0n) is 13.7. The molecule has 0 radical (unpaired) electrons. The van der Waals surface area contributed by atoms with Gasteiger partial charge in [0.25, 0.3) is 11.5 Å². The standard InChI is InChI=1S/C17H16N4O4/c1-21-10-12(13(24-2)8-15(21)22)17(23)18-9-14-19-16(20-25-14)11-6-4-3-5-7-11/h3-8,10H,9H2,1-2H3,(H,18,23). The Balaban J connectivity index is 1.72. The first-order chi connectivity index (χ1) is 12.1. The van der Waals surface area contributed by atoms with Crippen molar-refractivity contribution in [2.24, 2.45) is 7.05 Å². The smallest absolute Gasteiger partial charge is 0.256 e. The summed E-state index contributed by atoms with van der Waals surface area (Å²) in [6.07, 6.45) is 1.42. The van der Waals surface area contributed by atoms with Crippen LogP contribution >= 0.6 is 0 Å². The van der Waals surface area contributed by atoms with Crippen LogP contribution in [0.4, 0.5) is 0 Å². The Morgan fingerprint density at radius 1 is 1.32 bits per heavy atom. The number of nitrogens with one attached hydrogen (secondary N) is 1. The fourth-order valence-electron chi connectivity index (χ4n) is 2.23. The number of rotatable bonds is 5. The molecule has 1 amide bonds. The van der Waals surface area contributed by atoms with Crippen LogP contribution in [0.1, 0.15) is 16.2 Å². The SMILES string of the molecule is COc1cc(=O)n(C)cc1C(=O)NCc1nc(-c2ccccc2)no1. The van der Waals surface area contributed by atoms with Gasteiger partial charge in [0.15, 0.2) is 0 Å². The van der Waals surface area contributed by atoms with Crippen LogP contribution in [0.15, 0.2) is 51.9 Å². The molecule has 8 nitrogen and oxygen atoms in total. The fourth-order valence-corrected chi connectivity index (χ4v) is 2.23. The predicted molar refractivity (Wildman–Crippen MR) is 89.1 cm³/mol. The Morgan fingerprint density at radius 3 is 2.80 bits per heavy atom. The molecule has 0 fully saturated rings. The van der Waals surface area contributed by atoms with E-state index in [2.05, 4.69) is 15.5 Å². The van der Waals surface area contributed by atoms with Crippen LogP contribution in [0.2, 0.25) is 0 Å². The molecule has 0 aliphatic heterocycles. The molecule has 0 aliphatic rings. The minimum atomic E-state index is -0.410. The van der Waals surface area contributed by atoms with Crippen molar-refractivity contribution in [3.8, 4) is 17.1 Å². The number of ether oxygens (including phenoxy) is 1. The summed E-state index contributed by atoms with van der Waals surface area (Å²) >= 11 is 0. The summed E-state index contributed by atoms with van der Waals surface area (Å²) in [5, 5.41) is 6.56. The number of methoxy groups -OCH3 is 1. The lowest BCUT2D eigenvalue weighted by molar-refractivity contribution is 0.0942. The van der Waals surface area contributed by atoms with E-state index in [9.17, 15) is 9.59 Å². The number of hydrogen-bond donors (Lipinski definition) is 1. The summed E-state index contributed by atoms with van der Waals surface area (Å²) in [5.74, 6) is 0.517. The minimum Gasteiger partial charge on any atom is -0.496 e. The summed E-state index contributed by atoms with van der Waals surface area (Å²) in [5.41, 5.74) is 0.800. The molecule has 0 unspecified atom stereocenters. The third kappa shape index (κ3) is 3.57. The molecule has 0 aliphatic carbocycles. The Labute approximate surface area is 143 Å². The fraction of sp³-hybridized carbons (Fsp3) is 0.176. The van der Waals surface area contributed by atoms with Gasteiger partial charge < -0.3 is 19.1 Å². The molecule has 2 heterocycles. The maximum absolute atomic E-state index is 12.3. The molecule has 0 saturated carbocycles. The van der Waals surface area contributed by atoms with E-state index in [4.69, 9.17) is 9.26 Å². The molecular formula is C17H16N4O4. The van der Waals surface area contributed by atoms with Gasteiger partial charge in [-0.2, -0.15) is 4.98 Å². The van der Waals surface area contributed by atoms with Crippen molar-refractivity contribution in [3.63, 3.8) is 0 Å². The lowest BCUT2D eigenvalue weighted by Gasteiger charge is -2.09. The van der Waals surface area contributed by atoms with Crippen LogP contribution in [0.25, 0.3) is 11.4 Å². The van der Waals surface area contributed by atoms with Crippen LogP contribution in [-0.2, 0) is 13.6 Å². The number of aromatic nitrogens is 3. The number of pyridine rings is 1. The molecule has 3 aromatic rings. The van der Waals surface area contributed by atoms with E-state index in [1.165, 1.54) is 23.9 Å². The number of benzene rings is 1. The summed E-state index contributed by atoms with van der Waals surface area (Å²) in [6, 6.07) is 10.6. The third-order valence-corrected chi connectivity index (χ3v) is 3.56. The first kappa shape index (κ1) is 16.4. The molecule has 1 aromatic carbocycles. The van der Waals surface area contributed by atoms with E-state index >= 15 is 0 Å². The van der Waals surface area contributed by atoms with Crippen molar-refractivity contribution < 1.29 is 14.1 Å². The topological polar surface area (TPSA) is 99.2 Å². The van der Waals surface area contributed by atoms with Crippen molar-refractivity contribution in [3.05, 3.63) is 64.4 Å². The normalized spacial score (nSPS) is 10.5. The van der Waals surface area contributed by atoms with Crippen LogP contribution < -0.4 is 15.6 Å². The van der Waals surface area contributed by atoms with E-state index in [1.54, 1.807) is 7.05 Å². The first-order valence-electron chi connectivity index (χ1n) is 7.49. The molecule has 0 spiro atoms. The van der Waals surface area contributed by atoms with Gasteiger partial charge in [0.05, 0.1) is 19.2 Å². The zero-order valence-corrected chi connectivity index (χ0v) is 13.7. The van der Waals surface area contributed by atoms with Gasteiger partial charge in [-0.05, 0) is 0 Å². The van der Waals surface area contributed by atoms with Crippen molar-refractivity contribution in [1.82, 2.24) is 20.0 Å². The Kier molecular flexibility index (Phi) is 4.60. The Hall–Kier alpha value is -3.42. The third-order valence-electron chi connectivity index (χ3n) is 3.56. The number of carbonyl (C=O) groups excluding carboxylic acids is 1. The highest BCUT2D eigenvalue weighted by Gasteiger charge is 2.16. The second-order valence-electron chi connectivity index (χ2n) is 5.27. The minimum absolute atomic E-state index is 0.0602.